The van der Waals surface area contributed by atoms with Gasteiger partial charge in [-0.25, -0.2) is 0 Å². The number of benzene rings is 1. The molecule has 0 bridgehead atoms. The Bertz CT molecular complexity index is 923. The van der Waals surface area contributed by atoms with E-state index in [2.05, 4.69) is 21.7 Å². The van der Waals surface area contributed by atoms with Crippen molar-refractivity contribution in [3.8, 4) is 17.2 Å². The van der Waals surface area contributed by atoms with E-state index < -0.39 is 5.97 Å². The molecule has 0 heterocycles. The Morgan fingerprint density at radius 3 is 2.62 bits per heavy atom. The summed E-state index contributed by atoms with van der Waals surface area (Å²) in [5, 5.41) is 16.7. The number of fused-ring (bicyclic) bond motifs is 2. The number of aliphatic carboxylic acids is 1. The van der Waals surface area contributed by atoms with Crippen LogP contribution in [0.3, 0.4) is 0 Å². The van der Waals surface area contributed by atoms with Crippen molar-refractivity contribution in [2.45, 2.75) is 57.8 Å². The summed E-state index contributed by atoms with van der Waals surface area (Å²) in [4.78, 5) is 10.7. The van der Waals surface area contributed by atoms with E-state index >= 15 is 0 Å². The number of carbonyl (C=O) groups is 1. The first-order valence-corrected chi connectivity index (χ1v) is 11.0. The van der Waals surface area contributed by atoms with Crippen molar-refractivity contribution in [2.24, 2.45) is 16.0 Å². The zero-order valence-corrected chi connectivity index (χ0v) is 18.8. The zero-order valence-electron chi connectivity index (χ0n) is 18.8. The Hall–Kier alpha value is -3.23. The van der Waals surface area contributed by atoms with Crippen LogP contribution in [-0.2, 0) is 11.2 Å². The first kappa shape index (κ1) is 23.4. The lowest BCUT2D eigenvalue weighted by molar-refractivity contribution is -0.137. The minimum absolute atomic E-state index is 0.184. The molecule has 1 aromatic rings. The van der Waals surface area contributed by atoms with Gasteiger partial charge in [-0.2, -0.15) is 10.2 Å². The summed E-state index contributed by atoms with van der Waals surface area (Å²) in [6.07, 6.45) is 8.32. The minimum Gasteiger partial charge on any atom is -0.492 e. The van der Waals surface area contributed by atoms with Crippen molar-refractivity contribution in [1.29, 1.82) is 0 Å². The summed E-state index contributed by atoms with van der Waals surface area (Å²) >= 11 is 0. The first-order valence-electron chi connectivity index (χ1n) is 11.0. The van der Waals surface area contributed by atoms with Gasteiger partial charge in [-0.3, -0.25) is 10.2 Å². The summed E-state index contributed by atoms with van der Waals surface area (Å²) < 4.78 is 17.6. The largest absolute Gasteiger partial charge is 0.492 e. The second-order valence-corrected chi connectivity index (χ2v) is 7.80. The smallest absolute Gasteiger partial charge is 0.303 e. The van der Waals surface area contributed by atoms with Gasteiger partial charge < -0.3 is 25.2 Å². The molecule has 0 amide bonds. The molecular formula is C23H32N4O5. The maximum absolute atomic E-state index is 10.7. The molecule has 174 valence electrons. The van der Waals surface area contributed by atoms with Crippen LogP contribution in [0.5, 0.6) is 17.2 Å². The molecule has 0 radical (unpaired) electrons. The highest BCUT2D eigenvalue weighted by Gasteiger charge is 2.31. The Labute approximate surface area is 188 Å². The number of aryl methyl sites for hydroxylation is 1. The number of methoxy groups -OCH3 is 2. The van der Waals surface area contributed by atoms with Crippen molar-refractivity contribution in [3.63, 3.8) is 0 Å². The maximum atomic E-state index is 10.7. The lowest BCUT2D eigenvalue weighted by Gasteiger charge is -2.20. The quantitative estimate of drug-likeness (QED) is 0.157. The van der Waals surface area contributed by atoms with Crippen LogP contribution in [0.15, 0.2) is 21.8 Å². The number of unbranched alkanes of at least 4 members (excludes halogenated alkanes) is 2. The number of nitrogens with zero attached hydrogens (tertiary/aromatic N) is 2. The second-order valence-electron chi connectivity index (χ2n) is 7.80. The summed E-state index contributed by atoms with van der Waals surface area (Å²) in [5.74, 6) is 6.33. The molecule has 0 spiro atoms. The predicted octanol–water partition coefficient (Wildman–Crippen LogP) is 3.46. The van der Waals surface area contributed by atoms with Gasteiger partial charge in [0.25, 0.3) is 0 Å². The number of carboxylic acid groups (broad SMARTS) is 1. The van der Waals surface area contributed by atoms with E-state index in [1.807, 2.05) is 0 Å². The van der Waals surface area contributed by atoms with Gasteiger partial charge in [0.1, 0.15) is 6.34 Å². The third-order valence-electron chi connectivity index (χ3n) is 5.82. The first-order chi connectivity index (χ1) is 15.6. The molecule has 32 heavy (non-hydrogen) atoms. The molecule has 4 N–H and O–H groups in total. The van der Waals surface area contributed by atoms with Crippen LogP contribution in [0.1, 0.15) is 62.5 Å². The third kappa shape index (κ3) is 5.33. The number of hydrogen-bond donors (Lipinski definition) is 3. The number of ether oxygens (including phenoxy) is 3. The molecule has 0 fully saturated rings. The molecule has 9 nitrogen and oxygen atoms in total. The van der Waals surface area contributed by atoms with Gasteiger partial charge in [0.05, 0.1) is 26.5 Å². The molecular weight excluding hydrogens is 412 g/mol. The SMILES string of the molecule is COc1c(OCCCCCC(=O)O)cc2c(c1OC)C1=C(CCC1)C(=NNC=NN)CC2. The summed E-state index contributed by atoms with van der Waals surface area (Å²) in [7, 11) is 3.27. The molecule has 2 aliphatic rings. The summed E-state index contributed by atoms with van der Waals surface area (Å²) in [5.41, 5.74) is 8.54. The zero-order chi connectivity index (χ0) is 22.9. The Kier molecular flexibility index (Phi) is 8.35. The van der Waals surface area contributed by atoms with Crippen molar-refractivity contribution in [2.75, 3.05) is 20.8 Å². The summed E-state index contributed by atoms with van der Waals surface area (Å²) in [6.45, 7) is 0.487. The topological polar surface area (TPSA) is 128 Å². The lowest BCUT2D eigenvalue weighted by Crippen LogP contribution is -2.11. The average Bonchev–Trinajstić information content (AvgIpc) is 3.21. The highest BCUT2D eigenvalue weighted by Crippen LogP contribution is 2.50. The third-order valence-corrected chi connectivity index (χ3v) is 5.82. The monoisotopic (exact) mass is 444 g/mol. The standard InChI is InChI=1S/C23H32N4O5/c1-30-22-19(32-12-5-3-4-9-20(28)29)13-15-10-11-18(27-26-14-25-24)16-7-6-8-17(16)21(15)23(22)31-2/h13-14H,3-12,24H2,1-2H3,(H,25,26)(H,28,29). The average molecular weight is 445 g/mol. The molecule has 0 saturated heterocycles. The number of hydrazone groups is 2. The number of carboxylic acids is 1. The van der Waals surface area contributed by atoms with Crippen LogP contribution >= 0.6 is 0 Å². The van der Waals surface area contributed by atoms with E-state index in [1.54, 1.807) is 14.2 Å². The lowest BCUT2D eigenvalue weighted by atomic mass is 9.95. The number of rotatable bonds is 11. The van der Waals surface area contributed by atoms with Crippen molar-refractivity contribution >= 4 is 23.6 Å². The van der Waals surface area contributed by atoms with E-state index in [0.29, 0.717) is 30.3 Å². The molecule has 0 aliphatic heterocycles. The Balaban J connectivity index is 1.88. The number of hydrogen-bond acceptors (Lipinski definition) is 7. The van der Waals surface area contributed by atoms with Gasteiger partial charge in [-0.1, -0.05) is 0 Å². The van der Waals surface area contributed by atoms with Gasteiger partial charge in [-0.15, -0.1) is 0 Å². The highest BCUT2D eigenvalue weighted by atomic mass is 16.5. The van der Waals surface area contributed by atoms with Gasteiger partial charge in [0.2, 0.25) is 5.75 Å². The molecule has 0 saturated carbocycles. The molecule has 9 heteroatoms. The number of nitrogens with one attached hydrogen (secondary N) is 1. The van der Waals surface area contributed by atoms with Crippen LogP contribution in [0.4, 0.5) is 0 Å². The summed E-state index contributed by atoms with van der Waals surface area (Å²) in [6, 6.07) is 2.05. The molecule has 2 aliphatic carbocycles. The molecule has 1 aromatic carbocycles. The van der Waals surface area contributed by atoms with E-state index in [1.165, 1.54) is 17.5 Å². The van der Waals surface area contributed by atoms with Crippen LogP contribution in [0.2, 0.25) is 0 Å². The van der Waals surface area contributed by atoms with Crippen LogP contribution in [-0.4, -0.2) is 44.0 Å². The number of allylic oxidation sites excluding steroid dienone is 2. The predicted molar refractivity (Wildman–Crippen MR) is 123 cm³/mol. The Morgan fingerprint density at radius 2 is 1.91 bits per heavy atom. The van der Waals surface area contributed by atoms with Crippen LogP contribution < -0.4 is 25.5 Å². The van der Waals surface area contributed by atoms with E-state index in [9.17, 15) is 4.79 Å². The fourth-order valence-electron chi connectivity index (χ4n) is 4.43. The molecule has 0 aromatic heterocycles. The van der Waals surface area contributed by atoms with Gasteiger partial charge >= 0.3 is 5.97 Å². The maximum Gasteiger partial charge on any atom is 0.303 e. The van der Waals surface area contributed by atoms with Gasteiger partial charge in [0.15, 0.2) is 11.5 Å². The van der Waals surface area contributed by atoms with Crippen molar-refractivity contribution in [3.05, 3.63) is 22.8 Å². The highest BCUT2D eigenvalue weighted by molar-refractivity contribution is 6.09. The fourth-order valence-corrected chi connectivity index (χ4v) is 4.43. The second kappa shape index (κ2) is 11.4. The van der Waals surface area contributed by atoms with Crippen molar-refractivity contribution < 1.29 is 24.1 Å². The van der Waals surface area contributed by atoms with E-state index in [4.69, 9.17) is 25.2 Å². The van der Waals surface area contributed by atoms with Gasteiger partial charge in [0, 0.05) is 12.0 Å². The fraction of sp³-hybridized carbons (Fsp3) is 0.522. The normalized spacial score (nSPS) is 16.6. The van der Waals surface area contributed by atoms with Gasteiger partial charge in [-0.05, 0) is 74.1 Å². The van der Waals surface area contributed by atoms with Crippen LogP contribution in [0, 0.1) is 0 Å². The van der Waals surface area contributed by atoms with E-state index in [0.717, 1.165) is 61.8 Å². The van der Waals surface area contributed by atoms with Crippen LogP contribution in [0.25, 0.3) is 5.57 Å². The molecule has 0 atom stereocenters. The molecule has 3 rings (SSSR count). The van der Waals surface area contributed by atoms with E-state index in [-0.39, 0.29) is 6.42 Å². The number of nitrogens with two attached hydrogens (primary N) is 1. The van der Waals surface area contributed by atoms with Crippen molar-refractivity contribution in [1.82, 2.24) is 5.43 Å². The molecule has 0 unspecified atom stereocenters. The minimum atomic E-state index is -0.767. The Morgan fingerprint density at radius 1 is 1.12 bits per heavy atom.